The Kier molecular flexibility index (Phi) is 12.4. The van der Waals surface area contributed by atoms with E-state index >= 15 is 0 Å². The van der Waals surface area contributed by atoms with Gasteiger partial charge in [0.05, 0.1) is 0 Å². The van der Waals surface area contributed by atoms with Gasteiger partial charge >= 0.3 is 0 Å². The highest BCUT2D eigenvalue weighted by molar-refractivity contribution is 4.61. The minimum absolute atomic E-state index is 0.796. The standard InChI is InChI=1S/C16H34N/c1-5-7-9-11-15(3)13-17-14-16(4)12-10-8-6-2/h15-16H,5-14H2,1-4H3. The van der Waals surface area contributed by atoms with Gasteiger partial charge in [0, 0.05) is 13.1 Å². The first-order valence-corrected chi connectivity index (χ1v) is 7.83. The van der Waals surface area contributed by atoms with Gasteiger partial charge in [0.15, 0.2) is 0 Å². The van der Waals surface area contributed by atoms with E-state index in [2.05, 4.69) is 27.7 Å². The number of hydrogen-bond acceptors (Lipinski definition) is 0. The van der Waals surface area contributed by atoms with Crippen LogP contribution in [0.4, 0.5) is 0 Å². The quantitative estimate of drug-likeness (QED) is 0.425. The topological polar surface area (TPSA) is 14.1 Å². The van der Waals surface area contributed by atoms with Crippen molar-refractivity contribution < 1.29 is 0 Å². The first kappa shape index (κ1) is 17.0. The number of unbranched alkanes of at least 4 members (excludes halogenated alkanes) is 4. The maximum atomic E-state index is 4.73. The summed E-state index contributed by atoms with van der Waals surface area (Å²) in [6.45, 7) is 11.4. The van der Waals surface area contributed by atoms with Crippen LogP contribution < -0.4 is 5.32 Å². The molecule has 0 aliphatic heterocycles. The fourth-order valence-corrected chi connectivity index (χ4v) is 2.18. The lowest BCUT2D eigenvalue weighted by Gasteiger charge is -2.14. The second-order valence-electron chi connectivity index (χ2n) is 5.79. The molecular formula is C16H34N. The maximum absolute atomic E-state index is 4.73. The van der Waals surface area contributed by atoms with Crippen LogP contribution in [0.3, 0.4) is 0 Å². The van der Waals surface area contributed by atoms with Crippen LogP contribution in [-0.4, -0.2) is 13.1 Å². The lowest BCUT2D eigenvalue weighted by Crippen LogP contribution is -2.20. The zero-order valence-corrected chi connectivity index (χ0v) is 12.7. The summed E-state index contributed by atoms with van der Waals surface area (Å²) >= 11 is 0. The summed E-state index contributed by atoms with van der Waals surface area (Å²) in [5, 5.41) is 4.73. The van der Waals surface area contributed by atoms with Crippen molar-refractivity contribution in [2.24, 2.45) is 11.8 Å². The van der Waals surface area contributed by atoms with Gasteiger partial charge in [0.25, 0.3) is 0 Å². The molecule has 103 valence electrons. The van der Waals surface area contributed by atoms with Crippen LogP contribution in [0.5, 0.6) is 0 Å². The maximum Gasteiger partial charge on any atom is 0.0159 e. The third-order valence-corrected chi connectivity index (χ3v) is 3.48. The minimum atomic E-state index is 0.796. The van der Waals surface area contributed by atoms with Crippen molar-refractivity contribution >= 4 is 0 Å². The van der Waals surface area contributed by atoms with Crippen LogP contribution in [0.2, 0.25) is 0 Å². The molecule has 0 fully saturated rings. The van der Waals surface area contributed by atoms with Gasteiger partial charge in [-0.15, -0.1) is 0 Å². The largest absolute Gasteiger partial charge is 0.241 e. The Balaban J connectivity index is 3.29. The molecule has 0 bridgehead atoms. The van der Waals surface area contributed by atoms with E-state index in [-0.39, 0.29) is 0 Å². The van der Waals surface area contributed by atoms with E-state index in [1.807, 2.05) is 0 Å². The molecule has 0 aromatic rings. The van der Waals surface area contributed by atoms with E-state index in [4.69, 9.17) is 5.32 Å². The molecule has 0 aliphatic rings. The molecule has 0 aromatic heterocycles. The van der Waals surface area contributed by atoms with Crippen LogP contribution in [0.1, 0.15) is 79.1 Å². The van der Waals surface area contributed by atoms with Crippen molar-refractivity contribution in [2.45, 2.75) is 79.1 Å². The summed E-state index contributed by atoms with van der Waals surface area (Å²) < 4.78 is 0. The fraction of sp³-hybridized carbons (Fsp3) is 1.00. The third kappa shape index (κ3) is 12.2. The molecule has 2 unspecified atom stereocenters. The molecule has 0 rings (SSSR count). The summed E-state index contributed by atoms with van der Waals surface area (Å²) in [4.78, 5) is 0. The molecular weight excluding hydrogens is 206 g/mol. The van der Waals surface area contributed by atoms with E-state index in [1.54, 1.807) is 0 Å². The Hall–Kier alpha value is -0.0400. The summed E-state index contributed by atoms with van der Waals surface area (Å²) in [5.74, 6) is 1.59. The molecule has 0 amide bonds. The number of rotatable bonds is 12. The lowest BCUT2D eigenvalue weighted by atomic mass is 10.0. The molecule has 0 saturated carbocycles. The molecule has 0 aromatic carbocycles. The van der Waals surface area contributed by atoms with Gasteiger partial charge in [-0.1, -0.05) is 66.2 Å². The molecule has 2 atom stereocenters. The third-order valence-electron chi connectivity index (χ3n) is 3.48. The van der Waals surface area contributed by atoms with Crippen molar-refractivity contribution in [3.8, 4) is 0 Å². The van der Waals surface area contributed by atoms with Crippen LogP contribution in [0, 0.1) is 11.8 Å². The second kappa shape index (κ2) is 12.4. The van der Waals surface area contributed by atoms with Gasteiger partial charge in [-0.2, -0.15) is 0 Å². The zero-order chi connectivity index (χ0) is 12.9. The Bertz CT molecular complexity index is 128. The highest BCUT2D eigenvalue weighted by Gasteiger charge is 2.05. The highest BCUT2D eigenvalue weighted by Crippen LogP contribution is 2.11. The predicted molar refractivity (Wildman–Crippen MR) is 78.5 cm³/mol. The molecule has 0 spiro atoms. The number of hydrogen-bond donors (Lipinski definition) is 0. The molecule has 1 radical (unpaired) electrons. The Morgan fingerprint density at radius 2 is 1.12 bits per heavy atom. The van der Waals surface area contributed by atoms with Crippen LogP contribution in [-0.2, 0) is 0 Å². The van der Waals surface area contributed by atoms with E-state index in [1.165, 1.54) is 51.4 Å². The minimum Gasteiger partial charge on any atom is -0.241 e. The van der Waals surface area contributed by atoms with Gasteiger partial charge in [0.2, 0.25) is 0 Å². The van der Waals surface area contributed by atoms with Gasteiger partial charge < -0.3 is 0 Å². The SMILES string of the molecule is CCCCCC(C)C[N]CC(C)CCCCC. The van der Waals surface area contributed by atoms with Gasteiger partial charge in [-0.3, -0.25) is 0 Å². The number of nitrogens with zero attached hydrogens (tertiary/aromatic N) is 1. The summed E-state index contributed by atoms with van der Waals surface area (Å²) in [6, 6.07) is 0. The molecule has 0 saturated heterocycles. The lowest BCUT2D eigenvalue weighted by molar-refractivity contribution is 0.405. The molecule has 1 nitrogen and oxygen atoms in total. The van der Waals surface area contributed by atoms with Crippen molar-refractivity contribution in [1.82, 2.24) is 5.32 Å². The van der Waals surface area contributed by atoms with Crippen LogP contribution >= 0.6 is 0 Å². The van der Waals surface area contributed by atoms with Gasteiger partial charge in [0.1, 0.15) is 0 Å². The Morgan fingerprint density at radius 3 is 1.47 bits per heavy atom. The molecule has 1 heteroatoms. The smallest absolute Gasteiger partial charge is 0.0159 e. The average Bonchev–Trinajstić information content (AvgIpc) is 2.30. The van der Waals surface area contributed by atoms with Crippen molar-refractivity contribution in [3.05, 3.63) is 0 Å². The predicted octanol–water partition coefficient (Wildman–Crippen LogP) is 5.02. The van der Waals surface area contributed by atoms with Crippen LogP contribution in [0.15, 0.2) is 0 Å². The Labute approximate surface area is 110 Å². The summed E-state index contributed by atoms with van der Waals surface area (Å²) in [7, 11) is 0. The fourth-order valence-electron chi connectivity index (χ4n) is 2.18. The van der Waals surface area contributed by atoms with E-state index in [9.17, 15) is 0 Å². The molecule has 0 N–H and O–H groups in total. The molecule has 17 heavy (non-hydrogen) atoms. The monoisotopic (exact) mass is 240 g/mol. The second-order valence-corrected chi connectivity index (χ2v) is 5.79. The van der Waals surface area contributed by atoms with Crippen LogP contribution in [0.25, 0.3) is 0 Å². The first-order valence-electron chi connectivity index (χ1n) is 7.83. The van der Waals surface area contributed by atoms with Gasteiger partial charge in [-0.25, -0.2) is 5.32 Å². The normalized spacial score (nSPS) is 14.8. The summed E-state index contributed by atoms with van der Waals surface area (Å²) in [5.41, 5.74) is 0. The van der Waals surface area contributed by atoms with Crippen molar-refractivity contribution in [1.29, 1.82) is 0 Å². The van der Waals surface area contributed by atoms with Crippen molar-refractivity contribution in [2.75, 3.05) is 13.1 Å². The molecule has 0 heterocycles. The zero-order valence-electron chi connectivity index (χ0n) is 12.7. The van der Waals surface area contributed by atoms with E-state index < -0.39 is 0 Å². The first-order chi connectivity index (χ1) is 8.20. The van der Waals surface area contributed by atoms with Crippen molar-refractivity contribution in [3.63, 3.8) is 0 Å². The summed E-state index contributed by atoms with van der Waals surface area (Å²) in [6.07, 6.45) is 10.9. The molecule has 0 aliphatic carbocycles. The van der Waals surface area contributed by atoms with Gasteiger partial charge in [-0.05, 0) is 24.7 Å². The average molecular weight is 240 g/mol. The highest BCUT2D eigenvalue weighted by atomic mass is 14.9. The Morgan fingerprint density at radius 1 is 0.706 bits per heavy atom. The van der Waals surface area contributed by atoms with E-state index in [0.29, 0.717) is 0 Å². The van der Waals surface area contributed by atoms with E-state index in [0.717, 1.165) is 24.9 Å².